The van der Waals surface area contributed by atoms with E-state index in [2.05, 4.69) is 20.3 Å². The highest BCUT2D eigenvalue weighted by atomic mass is 32.1. The molecule has 0 bridgehead atoms. The van der Waals surface area contributed by atoms with Gasteiger partial charge in [0, 0.05) is 23.3 Å². The van der Waals surface area contributed by atoms with Gasteiger partial charge in [0.1, 0.15) is 11.5 Å². The van der Waals surface area contributed by atoms with Crippen molar-refractivity contribution < 1.29 is 4.79 Å². The van der Waals surface area contributed by atoms with Gasteiger partial charge in [0.15, 0.2) is 5.13 Å². The number of carbonyl (C=O) groups is 1. The van der Waals surface area contributed by atoms with Crippen molar-refractivity contribution in [3.63, 3.8) is 0 Å². The smallest absolute Gasteiger partial charge is 0.248 e. The van der Waals surface area contributed by atoms with Gasteiger partial charge in [0.05, 0.1) is 5.69 Å². The second-order valence-corrected chi connectivity index (χ2v) is 5.03. The molecule has 6 nitrogen and oxygen atoms in total. The molecule has 1 amide bonds. The summed E-state index contributed by atoms with van der Waals surface area (Å²) in [5, 5.41) is 5.63. The van der Waals surface area contributed by atoms with Crippen molar-refractivity contribution in [2.24, 2.45) is 5.73 Å². The molecule has 0 unspecified atom stereocenters. The van der Waals surface area contributed by atoms with E-state index in [1.54, 1.807) is 18.3 Å². The lowest BCUT2D eigenvalue weighted by Gasteiger charge is -2.02. The Hall–Kier alpha value is -2.80. The monoisotopic (exact) mass is 297 g/mol. The molecule has 3 N–H and O–H groups in total. The van der Waals surface area contributed by atoms with Crippen LogP contribution in [0.3, 0.4) is 0 Å². The third-order valence-electron chi connectivity index (χ3n) is 2.71. The fourth-order valence-corrected chi connectivity index (χ4v) is 2.44. The van der Waals surface area contributed by atoms with Crippen molar-refractivity contribution in [2.75, 3.05) is 5.32 Å². The first-order valence-corrected chi connectivity index (χ1v) is 7.00. The van der Waals surface area contributed by atoms with Gasteiger partial charge < -0.3 is 11.1 Å². The van der Waals surface area contributed by atoms with Crippen molar-refractivity contribution in [3.8, 4) is 11.4 Å². The maximum atomic E-state index is 11.1. The third-order valence-corrected chi connectivity index (χ3v) is 3.47. The summed E-state index contributed by atoms with van der Waals surface area (Å²) >= 11 is 1.44. The van der Waals surface area contributed by atoms with Crippen LogP contribution in [0.15, 0.2) is 48.1 Å². The van der Waals surface area contributed by atoms with E-state index in [9.17, 15) is 4.79 Å². The fourth-order valence-electron chi connectivity index (χ4n) is 1.72. The number of nitrogens with one attached hydrogen (secondary N) is 1. The average Bonchev–Trinajstić information content (AvgIpc) is 2.97. The van der Waals surface area contributed by atoms with Gasteiger partial charge in [-0.05, 0) is 24.3 Å². The number of aromatic nitrogens is 3. The molecule has 3 aromatic rings. The summed E-state index contributed by atoms with van der Waals surface area (Å²) in [7, 11) is 0. The van der Waals surface area contributed by atoms with Gasteiger partial charge >= 0.3 is 0 Å². The number of primary amides is 1. The first-order chi connectivity index (χ1) is 10.2. The van der Waals surface area contributed by atoms with Gasteiger partial charge in [-0.25, -0.2) is 9.97 Å². The molecule has 0 aromatic carbocycles. The summed E-state index contributed by atoms with van der Waals surface area (Å²) in [6.45, 7) is 0. The predicted molar refractivity (Wildman–Crippen MR) is 81.4 cm³/mol. The van der Waals surface area contributed by atoms with Crippen LogP contribution in [-0.4, -0.2) is 20.9 Å². The number of anilines is 2. The maximum absolute atomic E-state index is 11.1. The van der Waals surface area contributed by atoms with Gasteiger partial charge in [-0.15, -0.1) is 11.3 Å². The van der Waals surface area contributed by atoms with Crippen LogP contribution in [0.5, 0.6) is 0 Å². The molecule has 0 atom stereocenters. The first-order valence-electron chi connectivity index (χ1n) is 6.12. The molecule has 0 aliphatic heterocycles. The zero-order valence-electron chi connectivity index (χ0n) is 10.9. The van der Waals surface area contributed by atoms with Crippen LogP contribution in [-0.2, 0) is 0 Å². The van der Waals surface area contributed by atoms with Gasteiger partial charge in [-0.3, -0.25) is 9.78 Å². The number of rotatable bonds is 4. The quantitative estimate of drug-likeness (QED) is 0.771. The topological polar surface area (TPSA) is 93.8 Å². The second kappa shape index (κ2) is 5.68. The van der Waals surface area contributed by atoms with Gasteiger partial charge in [-0.2, -0.15) is 0 Å². The number of nitrogens with zero attached hydrogens (tertiary/aromatic N) is 3. The summed E-state index contributed by atoms with van der Waals surface area (Å²) < 4.78 is 0. The summed E-state index contributed by atoms with van der Waals surface area (Å²) in [4.78, 5) is 24.0. The first kappa shape index (κ1) is 13.2. The van der Waals surface area contributed by atoms with Gasteiger partial charge in [-0.1, -0.05) is 6.07 Å². The minimum absolute atomic E-state index is 0.397. The molecule has 0 saturated carbocycles. The van der Waals surface area contributed by atoms with Crippen LogP contribution >= 0.6 is 11.3 Å². The number of carbonyl (C=O) groups excluding carboxylic acids is 1. The molecule has 7 heteroatoms. The van der Waals surface area contributed by atoms with E-state index in [1.807, 2.05) is 23.6 Å². The molecular weight excluding hydrogens is 286 g/mol. The molecule has 104 valence electrons. The lowest BCUT2D eigenvalue weighted by atomic mass is 10.2. The molecule has 0 spiro atoms. The highest BCUT2D eigenvalue weighted by Gasteiger charge is 2.07. The van der Waals surface area contributed by atoms with E-state index in [1.165, 1.54) is 17.5 Å². The number of thiazole rings is 1. The third kappa shape index (κ3) is 3.03. The van der Waals surface area contributed by atoms with Crippen LogP contribution in [0, 0.1) is 0 Å². The molecular formula is C14H11N5OS. The van der Waals surface area contributed by atoms with Crippen molar-refractivity contribution in [1.29, 1.82) is 0 Å². The van der Waals surface area contributed by atoms with Crippen LogP contribution in [0.25, 0.3) is 11.4 Å². The van der Waals surface area contributed by atoms with E-state index in [4.69, 9.17) is 5.73 Å². The Bertz CT molecular complexity index is 772. The Kier molecular flexibility index (Phi) is 3.57. The molecule has 3 aromatic heterocycles. The largest absolute Gasteiger partial charge is 0.366 e. The van der Waals surface area contributed by atoms with Crippen molar-refractivity contribution in [3.05, 3.63) is 53.7 Å². The van der Waals surface area contributed by atoms with E-state index >= 15 is 0 Å². The summed E-state index contributed by atoms with van der Waals surface area (Å²) in [5.41, 5.74) is 7.23. The highest BCUT2D eigenvalue weighted by molar-refractivity contribution is 7.14. The zero-order chi connectivity index (χ0) is 14.7. The zero-order valence-corrected chi connectivity index (χ0v) is 11.7. The highest BCUT2D eigenvalue weighted by Crippen LogP contribution is 2.25. The number of amides is 1. The maximum Gasteiger partial charge on any atom is 0.248 e. The Balaban J connectivity index is 1.82. The van der Waals surface area contributed by atoms with Crippen molar-refractivity contribution in [1.82, 2.24) is 15.0 Å². The normalized spacial score (nSPS) is 10.3. The molecule has 21 heavy (non-hydrogen) atoms. The van der Waals surface area contributed by atoms with Gasteiger partial charge in [0.2, 0.25) is 5.91 Å². The van der Waals surface area contributed by atoms with Crippen molar-refractivity contribution in [2.45, 2.75) is 0 Å². The Morgan fingerprint density at radius 1 is 1.14 bits per heavy atom. The molecule has 0 radical (unpaired) electrons. The fraction of sp³-hybridized carbons (Fsp3) is 0. The molecule has 0 fully saturated rings. The molecule has 3 rings (SSSR count). The Morgan fingerprint density at radius 3 is 2.81 bits per heavy atom. The minimum Gasteiger partial charge on any atom is -0.366 e. The lowest BCUT2D eigenvalue weighted by Crippen LogP contribution is -2.11. The summed E-state index contributed by atoms with van der Waals surface area (Å²) in [6.07, 6.45) is 3.25. The average molecular weight is 297 g/mol. The predicted octanol–water partition coefficient (Wildman–Crippen LogP) is 2.44. The van der Waals surface area contributed by atoms with Crippen molar-refractivity contribution >= 4 is 28.2 Å². The van der Waals surface area contributed by atoms with E-state index in [0.29, 0.717) is 16.5 Å². The van der Waals surface area contributed by atoms with Gasteiger partial charge in [0.25, 0.3) is 0 Å². The SMILES string of the molecule is NC(=O)c1ccnc(Nc2nc(-c3ccccn3)cs2)c1. The summed E-state index contributed by atoms with van der Waals surface area (Å²) in [6, 6.07) is 8.81. The number of nitrogens with two attached hydrogens (primary N) is 1. The van der Waals surface area contributed by atoms with E-state index < -0.39 is 5.91 Å². The number of pyridine rings is 2. The number of hydrogen-bond acceptors (Lipinski definition) is 6. The molecule has 0 saturated heterocycles. The van der Waals surface area contributed by atoms with Crippen LogP contribution in [0.1, 0.15) is 10.4 Å². The second-order valence-electron chi connectivity index (χ2n) is 4.17. The minimum atomic E-state index is -0.492. The summed E-state index contributed by atoms with van der Waals surface area (Å²) in [5.74, 6) is 0.0296. The van der Waals surface area contributed by atoms with E-state index in [-0.39, 0.29) is 0 Å². The van der Waals surface area contributed by atoms with Crippen LogP contribution in [0.2, 0.25) is 0 Å². The standard InChI is InChI=1S/C14H11N5OS/c15-13(20)9-4-6-17-12(7-9)19-14-18-11(8-21-14)10-3-1-2-5-16-10/h1-8H,(H2,15,20)(H,17,18,19). The lowest BCUT2D eigenvalue weighted by molar-refractivity contribution is 0.1000. The molecule has 0 aliphatic rings. The molecule has 0 aliphatic carbocycles. The molecule has 3 heterocycles. The van der Waals surface area contributed by atoms with Crippen LogP contribution in [0.4, 0.5) is 10.9 Å². The van der Waals surface area contributed by atoms with E-state index in [0.717, 1.165) is 11.4 Å². The van der Waals surface area contributed by atoms with Crippen LogP contribution < -0.4 is 11.1 Å². The Morgan fingerprint density at radius 2 is 2.05 bits per heavy atom. The number of hydrogen-bond donors (Lipinski definition) is 2. The Labute approximate surface area is 124 Å².